The zero-order valence-electron chi connectivity index (χ0n) is 9.03. The van der Waals surface area contributed by atoms with Crippen molar-refractivity contribution in [1.29, 1.82) is 5.26 Å². The number of hydrogen-bond acceptors (Lipinski definition) is 2. The Morgan fingerprint density at radius 3 is 2.53 bits per heavy atom. The minimum atomic E-state index is -0.696. The number of hydrogen-bond donors (Lipinski definition) is 1. The molecular formula is C11H13N3O. The van der Waals surface area contributed by atoms with Crippen molar-refractivity contribution in [2.75, 3.05) is 0 Å². The van der Waals surface area contributed by atoms with Gasteiger partial charge in [-0.3, -0.25) is 4.79 Å². The third-order valence-electron chi connectivity index (χ3n) is 2.50. The van der Waals surface area contributed by atoms with Gasteiger partial charge in [0.15, 0.2) is 0 Å². The van der Waals surface area contributed by atoms with E-state index in [-0.39, 0.29) is 5.57 Å². The molecule has 2 N–H and O–H groups in total. The van der Waals surface area contributed by atoms with E-state index in [1.165, 1.54) is 6.08 Å². The number of nitriles is 1. The molecule has 1 heterocycles. The second kappa shape index (κ2) is 4.01. The molecule has 15 heavy (non-hydrogen) atoms. The Morgan fingerprint density at radius 1 is 1.60 bits per heavy atom. The highest BCUT2D eigenvalue weighted by Crippen LogP contribution is 2.16. The highest BCUT2D eigenvalue weighted by atomic mass is 16.1. The summed E-state index contributed by atoms with van der Waals surface area (Å²) in [6, 6.07) is 3.70. The molecule has 0 aromatic carbocycles. The molecular weight excluding hydrogens is 190 g/mol. The van der Waals surface area contributed by atoms with Crippen molar-refractivity contribution in [3.05, 3.63) is 28.6 Å². The third kappa shape index (κ3) is 2.08. The predicted octanol–water partition coefficient (Wildman–Crippen LogP) is 1.03. The largest absolute Gasteiger partial charge is 0.365 e. The van der Waals surface area contributed by atoms with Crippen molar-refractivity contribution in [3.63, 3.8) is 0 Å². The lowest BCUT2D eigenvalue weighted by molar-refractivity contribution is -0.114. The quantitative estimate of drug-likeness (QED) is 0.576. The van der Waals surface area contributed by atoms with Crippen molar-refractivity contribution in [3.8, 4) is 6.07 Å². The molecule has 0 radical (unpaired) electrons. The molecule has 0 saturated carbocycles. The first-order valence-corrected chi connectivity index (χ1v) is 4.52. The Morgan fingerprint density at radius 2 is 2.20 bits per heavy atom. The van der Waals surface area contributed by atoms with Gasteiger partial charge >= 0.3 is 0 Å². The Hall–Kier alpha value is -2.02. The molecule has 1 aromatic rings. The van der Waals surface area contributed by atoms with Gasteiger partial charge in [-0.05, 0) is 31.6 Å². The van der Waals surface area contributed by atoms with E-state index in [4.69, 9.17) is 11.0 Å². The molecule has 78 valence electrons. The van der Waals surface area contributed by atoms with Gasteiger partial charge < -0.3 is 10.3 Å². The van der Waals surface area contributed by atoms with E-state index in [9.17, 15) is 4.79 Å². The molecule has 0 aliphatic rings. The van der Waals surface area contributed by atoms with Crippen LogP contribution in [0.4, 0.5) is 0 Å². The monoisotopic (exact) mass is 203 g/mol. The first-order valence-electron chi connectivity index (χ1n) is 4.52. The second-order valence-electron chi connectivity index (χ2n) is 3.42. The summed E-state index contributed by atoms with van der Waals surface area (Å²) in [7, 11) is 1.93. The maximum Gasteiger partial charge on any atom is 0.259 e. The number of aromatic nitrogens is 1. The van der Waals surface area contributed by atoms with Crippen LogP contribution in [0.1, 0.15) is 17.0 Å². The number of carbonyl (C=O) groups is 1. The summed E-state index contributed by atoms with van der Waals surface area (Å²) in [5.74, 6) is -0.696. The van der Waals surface area contributed by atoms with E-state index in [1.54, 1.807) is 6.07 Å². The Kier molecular flexibility index (Phi) is 2.96. The molecule has 4 heteroatoms. The summed E-state index contributed by atoms with van der Waals surface area (Å²) in [4.78, 5) is 10.9. The fourth-order valence-electron chi connectivity index (χ4n) is 1.34. The molecule has 0 unspecified atom stereocenters. The van der Waals surface area contributed by atoms with Crippen LogP contribution in [0.15, 0.2) is 11.6 Å². The number of rotatable bonds is 2. The Bertz CT molecular complexity index is 475. The van der Waals surface area contributed by atoms with Gasteiger partial charge in [-0.1, -0.05) is 0 Å². The van der Waals surface area contributed by atoms with E-state index < -0.39 is 5.91 Å². The van der Waals surface area contributed by atoms with Crippen LogP contribution in [0.3, 0.4) is 0 Å². The summed E-state index contributed by atoms with van der Waals surface area (Å²) < 4.78 is 1.99. The van der Waals surface area contributed by atoms with Crippen molar-refractivity contribution in [2.24, 2.45) is 12.8 Å². The summed E-state index contributed by atoms with van der Waals surface area (Å²) in [5.41, 5.74) is 7.95. The highest BCUT2D eigenvalue weighted by Gasteiger charge is 2.08. The number of carbonyl (C=O) groups excluding carboxylic acids is 1. The standard InChI is InChI=1S/C11H13N3O/c1-7-4-9(8(2)14(7)3)5-10(6-12)11(13)15/h4-5H,1-3H3,(H2,13,15)/b10-5-. The average molecular weight is 203 g/mol. The SMILES string of the molecule is Cc1cc(/C=C(/C#N)C(N)=O)c(C)n1C. The lowest BCUT2D eigenvalue weighted by Gasteiger charge is -1.99. The van der Waals surface area contributed by atoms with Gasteiger partial charge in [0, 0.05) is 18.4 Å². The lowest BCUT2D eigenvalue weighted by Crippen LogP contribution is -2.12. The Balaban J connectivity index is 3.25. The summed E-state index contributed by atoms with van der Waals surface area (Å²) >= 11 is 0. The highest BCUT2D eigenvalue weighted by molar-refractivity contribution is 6.00. The summed E-state index contributed by atoms with van der Waals surface area (Å²) in [6.45, 7) is 3.88. The molecule has 1 amide bonds. The zero-order valence-corrected chi connectivity index (χ0v) is 9.03. The molecule has 0 spiro atoms. The van der Waals surface area contributed by atoms with Crippen LogP contribution in [0.25, 0.3) is 6.08 Å². The second-order valence-corrected chi connectivity index (χ2v) is 3.42. The van der Waals surface area contributed by atoms with Crippen molar-refractivity contribution in [1.82, 2.24) is 4.57 Å². The van der Waals surface area contributed by atoms with Gasteiger partial charge in [-0.15, -0.1) is 0 Å². The molecule has 0 bridgehead atoms. The summed E-state index contributed by atoms with van der Waals surface area (Å²) in [5, 5.41) is 8.70. The van der Waals surface area contributed by atoms with E-state index in [0.717, 1.165) is 17.0 Å². The van der Waals surface area contributed by atoms with Crippen LogP contribution in [0.2, 0.25) is 0 Å². The topological polar surface area (TPSA) is 71.8 Å². The number of aryl methyl sites for hydroxylation is 1. The van der Waals surface area contributed by atoms with Gasteiger partial charge in [0.25, 0.3) is 5.91 Å². The minimum absolute atomic E-state index is 0.0244. The van der Waals surface area contributed by atoms with Gasteiger partial charge in [0.1, 0.15) is 11.6 Å². The third-order valence-corrected chi connectivity index (χ3v) is 2.50. The predicted molar refractivity (Wildman–Crippen MR) is 57.7 cm³/mol. The average Bonchev–Trinajstić information content (AvgIpc) is 2.42. The molecule has 0 fully saturated rings. The maximum absolute atomic E-state index is 10.9. The van der Waals surface area contributed by atoms with E-state index in [0.29, 0.717) is 0 Å². The molecule has 0 aliphatic heterocycles. The first kappa shape index (κ1) is 11.1. The van der Waals surface area contributed by atoms with E-state index in [1.807, 2.05) is 31.5 Å². The van der Waals surface area contributed by atoms with Gasteiger partial charge in [-0.2, -0.15) is 5.26 Å². The fourth-order valence-corrected chi connectivity index (χ4v) is 1.34. The van der Waals surface area contributed by atoms with E-state index >= 15 is 0 Å². The van der Waals surface area contributed by atoms with Crippen LogP contribution in [0.5, 0.6) is 0 Å². The molecule has 4 nitrogen and oxygen atoms in total. The summed E-state index contributed by atoms with van der Waals surface area (Å²) in [6.07, 6.45) is 1.52. The number of nitrogens with two attached hydrogens (primary N) is 1. The van der Waals surface area contributed by atoms with Crippen molar-refractivity contribution >= 4 is 12.0 Å². The Labute approximate surface area is 88.6 Å². The van der Waals surface area contributed by atoms with Crippen LogP contribution in [-0.4, -0.2) is 10.5 Å². The van der Waals surface area contributed by atoms with Gasteiger partial charge in [-0.25, -0.2) is 0 Å². The molecule has 0 saturated heterocycles. The van der Waals surface area contributed by atoms with Crippen molar-refractivity contribution in [2.45, 2.75) is 13.8 Å². The van der Waals surface area contributed by atoms with Crippen molar-refractivity contribution < 1.29 is 4.79 Å². The van der Waals surface area contributed by atoms with Crippen LogP contribution in [-0.2, 0) is 11.8 Å². The van der Waals surface area contributed by atoms with Gasteiger partial charge in [0.05, 0.1) is 0 Å². The maximum atomic E-state index is 10.9. The minimum Gasteiger partial charge on any atom is -0.365 e. The normalized spacial score (nSPS) is 11.2. The molecule has 0 aliphatic carbocycles. The zero-order chi connectivity index (χ0) is 11.6. The smallest absolute Gasteiger partial charge is 0.259 e. The molecule has 1 aromatic heterocycles. The van der Waals surface area contributed by atoms with Crippen LogP contribution < -0.4 is 5.73 Å². The molecule has 1 rings (SSSR count). The lowest BCUT2D eigenvalue weighted by atomic mass is 10.1. The fraction of sp³-hybridized carbons (Fsp3) is 0.273. The number of amides is 1. The number of primary amides is 1. The van der Waals surface area contributed by atoms with Crippen LogP contribution in [0, 0.1) is 25.2 Å². The van der Waals surface area contributed by atoms with Gasteiger partial charge in [0.2, 0.25) is 0 Å². The first-order chi connectivity index (χ1) is 6.97. The van der Waals surface area contributed by atoms with Crippen LogP contribution >= 0.6 is 0 Å². The van der Waals surface area contributed by atoms with E-state index in [2.05, 4.69) is 0 Å². The number of nitrogens with zero attached hydrogens (tertiary/aromatic N) is 2. The molecule has 0 atom stereocenters.